The molecule has 1 atom stereocenters. The van der Waals surface area contributed by atoms with Gasteiger partial charge in [-0.1, -0.05) is 18.7 Å². The maximum atomic E-state index is 12.2. The Labute approximate surface area is 225 Å². The predicted molar refractivity (Wildman–Crippen MR) is 148 cm³/mol. The molecule has 1 unspecified atom stereocenters. The summed E-state index contributed by atoms with van der Waals surface area (Å²) >= 11 is 0. The normalized spacial score (nSPS) is 12.5. The van der Waals surface area contributed by atoms with Crippen LogP contribution in [0.25, 0.3) is 33.3 Å². The van der Waals surface area contributed by atoms with Gasteiger partial charge in [-0.25, -0.2) is 9.55 Å². The zero-order valence-corrected chi connectivity index (χ0v) is 22.6. The summed E-state index contributed by atoms with van der Waals surface area (Å²) in [6.07, 6.45) is 4.64. The van der Waals surface area contributed by atoms with E-state index in [4.69, 9.17) is 13.8 Å². The number of likely N-dealkylation sites (N-methyl/N-ethyl adjacent to an activating group) is 1. The number of hydrogen-bond donors (Lipinski definition) is 1. The molecular weight excluding hydrogens is 519 g/mol. The number of methoxy groups -OCH3 is 1. The van der Waals surface area contributed by atoms with Gasteiger partial charge in [-0.2, -0.15) is 5.26 Å². The van der Waals surface area contributed by atoms with Crippen molar-refractivity contribution in [2.24, 2.45) is 0 Å². The third kappa shape index (κ3) is 6.08. The van der Waals surface area contributed by atoms with E-state index in [0.717, 1.165) is 27.6 Å². The number of ether oxygens (including phenoxy) is 1. The number of amides is 1. The second kappa shape index (κ2) is 11.6. The van der Waals surface area contributed by atoms with Crippen molar-refractivity contribution in [2.75, 3.05) is 25.7 Å². The molecule has 0 saturated heterocycles. The minimum absolute atomic E-state index is 0.0180. The number of pyridine rings is 1. The summed E-state index contributed by atoms with van der Waals surface area (Å²) in [6.45, 7) is 4.88. The van der Waals surface area contributed by atoms with Crippen LogP contribution < -0.4 is 9.64 Å². The Bertz CT molecular complexity index is 1640. The molecule has 0 spiro atoms. The minimum Gasteiger partial charge on any atom is -0.497 e. The summed E-state index contributed by atoms with van der Waals surface area (Å²) in [7, 11) is -1.06. The molecule has 11 heteroatoms. The second-order valence-electron chi connectivity index (χ2n) is 8.47. The Morgan fingerprint density at radius 1 is 1.21 bits per heavy atom. The molecule has 0 aliphatic heterocycles. The zero-order valence-electron chi connectivity index (χ0n) is 21.7. The number of phosphoric ester groups is 1. The molecule has 200 valence electrons. The lowest BCUT2D eigenvalue weighted by Crippen LogP contribution is -2.23. The van der Waals surface area contributed by atoms with Crippen molar-refractivity contribution in [3.8, 4) is 34.1 Å². The van der Waals surface area contributed by atoms with Gasteiger partial charge in [0.1, 0.15) is 18.1 Å². The van der Waals surface area contributed by atoms with Gasteiger partial charge in [0.05, 0.1) is 25.3 Å². The second-order valence-corrected chi connectivity index (χ2v) is 9.92. The maximum absolute atomic E-state index is 12.2. The van der Waals surface area contributed by atoms with Gasteiger partial charge in [-0.3, -0.25) is 13.8 Å². The first-order valence-electron chi connectivity index (χ1n) is 11.9. The van der Waals surface area contributed by atoms with Gasteiger partial charge < -0.3 is 19.1 Å². The first-order valence-corrected chi connectivity index (χ1v) is 13.4. The van der Waals surface area contributed by atoms with E-state index in [0.29, 0.717) is 22.6 Å². The van der Waals surface area contributed by atoms with Gasteiger partial charge in [0.2, 0.25) is 5.91 Å². The number of aromatic nitrogens is 2. The summed E-state index contributed by atoms with van der Waals surface area (Å²) in [5.74, 6) is 0.279. The Morgan fingerprint density at radius 3 is 2.69 bits per heavy atom. The molecule has 2 heterocycles. The number of rotatable bonds is 10. The van der Waals surface area contributed by atoms with E-state index >= 15 is 0 Å². The first kappa shape index (κ1) is 27.8. The van der Waals surface area contributed by atoms with E-state index in [-0.39, 0.29) is 19.2 Å². The Morgan fingerprint density at radius 2 is 2.00 bits per heavy atom. The topological polar surface area (TPSA) is 127 Å². The molecule has 0 aliphatic carbocycles. The van der Waals surface area contributed by atoms with Crippen LogP contribution in [0.2, 0.25) is 0 Å². The fraction of sp³-hybridized carbons (Fsp3) is 0.179. The third-order valence-electron chi connectivity index (χ3n) is 6.02. The summed E-state index contributed by atoms with van der Waals surface area (Å²) in [4.78, 5) is 28.2. The number of nitrogens with zero attached hydrogens (tertiary/aromatic N) is 4. The van der Waals surface area contributed by atoms with E-state index in [1.54, 1.807) is 62.3 Å². The van der Waals surface area contributed by atoms with Gasteiger partial charge in [0, 0.05) is 47.7 Å². The third-order valence-corrected chi connectivity index (χ3v) is 7.05. The Hall–Kier alpha value is -4.26. The lowest BCUT2D eigenvalue weighted by molar-refractivity contribution is -0.113. The van der Waals surface area contributed by atoms with Crippen molar-refractivity contribution in [1.82, 2.24) is 9.55 Å². The fourth-order valence-corrected chi connectivity index (χ4v) is 4.75. The molecule has 0 bridgehead atoms. The van der Waals surface area contributed by atoms with Crippen LogP contribution in [0.5, 0.6) is 5.75 Å². The minimum atomic E-state index is -4.25. The lowest BCUT2D eigenvalue weighted by Gasteiger charge is -2.18. The molecule has 39 heavy (non-hydrogen) atoms. The highest BCUT2D eigenvalue weighted by Crippen LogP contribution is 2.44. The van der Waals surface area contributed by atoms with Crippen LogP contribution in [0, 0.1) is 11.3 Å². The van der Waals surface area contributed by atoms with Crippen molar-refractivity contribution in [3.63, 3.8) is 0 Å². The Balaban J connectivity index is 1.87. The number of benzene rings is 2. The molecule has 0 aliphatic rings. The molecule has 2 aromatic carbocycles. The number of carbonyl (C=O) groups excluding carboxylic acids is 1. The monoisotopic (exact) mass is 546 g/mol. The average molecular weight is 547 g/mol. The van der Waals surface area contributed by atoms with Crippen LogP contribution >= 0.6 is 7.82 Å². The fourth-order valence-electron chi connectivity index (χ4n) is 4.07. The van der Waals surface area contributed by atoms with Gasteiger partial charge in [-0.15, -0.1) is 0 Å². The molecule has 0 saturated carbocycles. The summed E-state index contributed by atoms with van der Waals surface area (Å²) in [5, 5.41) is 10.1. The molecule has 1 N–H and O–H groups in total. The molecular formula is C28H27N4O6P. The molecule has 0 radical (unpaired) electrons. The van der Waals surface area contributed by atoms with Gasteiger partial charge >= 0.3 is 7.82 Å². The number of hydrogen-bond acceptors (Lipinski definition) is 7. The van der Waals surface area contributed by atoms with Gasteiger partial charge in [0.15, 0.2) is 0 Å². The highest BCUT2D eigenvalue weighted by molar-refractivity contribution is 7.47. The van der Waals surface area contributed by atoms with Crippen molar-refractivity contribution < 1.29 is 28.0 Å². The van der Waals surface area contributed by atoms with Gasteiger partial charge in [0.25, 0.3) is 0 Å². The van der Waals surface area contributed by atoms with Crippen molar-refractivity contribution in [1.29, 1.82) is 5.26 Å². The predicted octanol–water partition coefficient (Wildman–Crippen LogP) is 5.51. The summed E-state index contributed by atoms with van der Waals surface area (Å²) in [5.41, 5.74) is 4.58. The lowest BCUT2D eigenvalue weighted by atomic mass is 10.0. The van der Waals surface area contributed by atoms with Gasteiger partial charge in [-0.05, 0) is 54.5 Å². The van der Waals surface area contributed by atoms with Crippen LogP contribution in [0.4, 0.5) is 5.69 Å². The maximum Gasteiger partial charge on any atom is 0.473 e. The van der Waals surface area contributed by atoms with Crippen LogP contribution in [0.15, 0.2) is 73.6 Å². The van der Waals surface area contributed by atoms with E-state index < -0.39 is 7.82 Å². The van der Waals surface area contributed by atoms with E-state index in [2.05, 4.69) is 17.6 Å². The SMILES string of the molecule is C=CC(=O)N(C)c1cc(OC)cc(-c2cnc3c(c2)c(-c2cccc(C#N)c2)cn3COP(=O)(O)OCC)c1. The molecule has 2 aromatic heterocycles. The number of nitriles is 1. The molecule has 4 rings (SSSR count). The summed E-state index contributed by atoms with van der Waals surface area (Å²) in [6, 6.07) is 16.6. The summed E-state index contributed by atoms with van der Waals surface area (Å²) < 4.78 is 29.2. The van der Waals surface area contributed by atoms with Crippen molar-refractivity contribution in [2.45, 2.75) is 13.7 Å². The largest absolute Gasteiger partial charge is 0.497 e. The standard InChI is InChI=1S/C28H27N4O6P/c1-5-27(33)31(3)23-11-21(12-24(14-23)36-4)22-13-25-26(20-9-7-8-19(10-20)15-29)17-32(28(25)30-16-22)18-38-39(34,35)37-6-2/h5,7-14,16-17H,1,6,18H2,2-4H3,(H,34,35). The highest BCUT2D eigenvalue weighted by Gasteiger charge is 2.22. The van der Waals surface area contributed by atoms with Crippen molar-refractivity contribution >= 4 is 30.5 Å². The van der Waals surface area contributed by atoms with E-state index in [1.165, 1.54) is 11.0 Å². The van der Waals surface area contributed by atoms with Crippen LogP contribution in [0.3, 0.4) is 0 Å². The molecule has 1 amide bonds. The Kier molecular flexibility index (Phi) is 8.29. The molecule has 10 nitrogen and oxygen atoms in total. The first-order chi connectivity index (χ1) is 18.7. The number of fused-ring (bicyclic) bond motifs is 1. The number of phosphoric acid groups is 1. The number of carbonyl (C=O) groups is 1. The molecule has 4 aromatic rings. The smallest absolute Gasteiger partial charge is 0.473 e. The highest BCUT2D eigenvalue weighted by atomic mass is 31.2. The van der Waals surface area contributed by atoms with E-state index in [1.807, 2.05) is 24.3 Å². The quantitative estimate of drug-likeness (QED) is 0.204. The van der Waals surface area contributed by atoms with E-state index in [9.17, 15) is 19.5 Å². The van der Waals surface area contributed by atoms with Crippen LogP contribution in [-0.4, -0.2) is 41.1 Å². The van der Waals surface area contributed by atoms with Crippen LogP contribution in [0.1, 0.15) is 12.5 Å². The van der Waals surface area contributed by atoms with Crippen molar-refractivity contribution in [3.05, 3.63) is 79.1 Å². The zero-order chi connectivity index (χ0) is 28.2. The molecule has 0 fully saturated rings. The number of anilines is 1. The van der Waals surface area contributed by atoms with Crippen LogP contribution in [-0.2, 0) is 25.1 Å². The average Bonchev–Trinajstić information content (AvgIpc) is 3.33.